The fourth-order valence-corrected chi connectivity index (χ4v) is 14.0. The molecular formula is C49H35BN2Si. The first kappa shape index (κ1) is 30.3. The van der Waals surface area contributed by atoms with E-state index in [1.165, 1.54) is 88.3 Å². The molecule has 3 aliphatic rings. The highest BCUT2D eigenvalue weighted by Gasteiger charge is 2.53. The minimum Gasteiger partial charge on any atom is -0.311 e. The Morgan fingerprint density at radius 3 is 1.17 bits per heavy atom. The van der Waals surface area contributed by atoms with Crippen LogP contribution in [0.1, 0.15) is 0 Å². The minimum atomic E-state index is -2.50. The molecule has 0 bridgehead atoms. The first-order valence-corrected chi connectivity index (χ1v) is 21.1. The van der Waals surface area contributed by atoms with E-state index < -0.39 is 8.07 Å². The van der Waals surface area contributed by atoms with Crippen molar-refractivity contribution in [2.75, 3.05) is 9.80 Å². The van der Waals surface area contributed by atoms with Crippen LogP contribution in [0.2, 0.25) is 6.55 Å². The van der Waals surface area contributed by atoms with Crippen molar-refractivity contribution in [3.8, 4) is 22.3 Å². The molecule has 8 aromatic carbocycles. The predicted octanol–water partition coefficient (Wildman–Crippen LogP) is 8.52. The van der Waals surface area contributed by atoms with Gasteiger partial charge in [-0.15, -0.1) is 0 Å². The van der Waals surface area contributed by atoms with Crippen LogP contribution >= 0.6 is 0 Å². The quantitative estimate of drug-likeness (QED) is 0.167. The number of para-hydroxylation sites is 2. The van der Waals surface area contributed by atoms with Gasteiger partial charge >= 0.3 is 0 Å². The van der Waals surface area contributed by atoms with Crippen molar-refractivity contribution >= 4 is 80.9 Å². The van der Waals surface area contributed by atoms with Crippen molar-refractivity contribution in [3.63, 3.8) is 0 Å². The molecule has 0 fully saturated rings. The summed E-state index contributed by atoms with van der Waals surface area (Å²) in [4.78, 5) is 5.16. The Morgan fingerprint density at radius 2 is 0.698 bits per heavy atom. The predicted molar refractivity (Wildman–Crippen MR) is 228 cm³/mol. The van der Waals surface area contributed by atoms with Crippen molar-refractivity contribution in [2.24, 2.45) is 0 Å². The second-order valence-corrected chi connectivity index (χ2v) is 18.5. The summed E-state index contributed by atoms with van der Waals surface area (Å²) in [7, 11) is -2.50. The Labute approximate surface area is 312 Å². The Balaban J connectivity index is 1.28. The maximum Gasteiger partial charge on any atom is 0.251 e. The maximum absolute atomic E-state index is 2.59. The normalized spacial score (nSPS) is 14.2. The molecular weight excluding hydrogens is 655 g/mol. The van der Waals surface area contributed by atoms with Crippen LogP contribution in [0.25, 0.3) is 22.3 Å². The lowest BCUT2D eigenvalue weighted by Crippen LogP contribution is -2.83. The van der Waals surface area contributed by atoms with E-state index in [2.05, 4.69) is 210 Å². The summed E-state index contributed by atoms with van der Waals surface area (Å²) in [6, 6.07) is 72.2. The minimum absolute atomic E-state index is 0.114. The van der Waals surface area contributed by atoms with Crippen molar-refractivity contribution in [1.29, 1.82) is 0 Å². The van der Waals surface area contributed by atoms with Crippen LogP contribution in [0.15, 0.2) is 194 Å². The molecule has 248 valence electrons. The van der Waals surface area contributed by atoms with Gasteiger partial charge in [0.2, 0.25) is 0 Å². The molecule has 53 heavy (non-hydrogen) atoms. The van der Waals surface area contributed by atoms with Gasteiger partial charge in [-0.2, -0.15) is 0 Å². The second-order valence-electron chi connectivity index (χ2n) is 14.5. The fraction of sp³-hybridized carbons (Fsp3) is 0.0204. The molecule has 0 unspecified atom stereocenters. The standard InChI is InChI=1S/C49H35BN2Si/c1-53(36-22-9-4-10-23-36)45-32-16-30-43-48(45)50-47-41(51(43)39-26-13-11-24-37(39)34-18-5-2-6-19-34)28-15-29-42(47)52(44-31-17-33-46(53)49(44)50)40-27-14-12-25-38(40)35-20-7-3-8-21-35/h2-33H,1H3. The van der Waals surface area contributed by atoms with Crippen molar-refractivity contribution in [2.45, 2.75) is 6.55 Å². The summed E-state index contributed by atoms with van der Waals surface area (Å²) >= 11 is 0. The SMILES string of the molecule is C[Si]1(c2ccccc2)c2cccc3c2B2c4c(cccc4N(c4ccccc4-c4ccccc4)c4cccc1c42)N3c1ccccc1-c1ccccc1. The molecule has 0 saturated carbocycles. The number of anilines is 6. The summed E-state index contributed by atoms with van der Waals surface area (Å²) in [6.45, 7) is 2.70. The average molecular weight is 691 g/mol. The molecule has 8 aromatic rings. The highest BCUT2D eigenvalue weighted by Crippen LogP contribution is 2.48. The third-order valence-corrected chi connectivity index (χ3v) is 16.5. The van der Waals surface area contributed by atoms with Gasteiger partial charge in [-0.1, -0.05) is 175 Å². The molecule has 0 N–H and O–H groups in total. The highest BCUT2D eigenvalue weighted by atomic mass is 28.3. The van der Waals surface area contributed by atoms with Gasteiger partial charge in [-0.3, -0.25) is 0 Å². The van der Waals surface area contributed by atoms with E-state index in [-0.39, 0.29) is 6.71 Å². The zero-order valence-electron chi connectivity index (χ0n) is 29.4. The lowest BCUT2D eigenvalue weighted by molar-refractivity contribution is 1.25. The van der Waals surface area contributed by atoms with Gasteiger partial charge in [0.25, 0.3) is 6.71 Å². The summed E-state index contributed by atoms with van der Waals surface area (Å²) in [5, 5.41) is 4.46. The molecule has 0 radical (unpaired) electrons. The molecule has 3 heterocycles. The molecule has 2 nitrogen and oxygen atoms in total. The summed E-state index contributed by atoms with van der Waals surface area (Å²) < 4.78 is 0. The second kappa shape index (κ2) is 11.6. The molecule has 0 atom stereocenters. The molecule has 0 amide bonds. The average Bonchev–Trinajstić information content (AvgIpc) is 3.23. The Kier molecular flexibility index (Phi) is 6.61. The van der Waals surface area contributed by atoms with E-state index in [9.17, 15) is 0 Å². The molecule has 11 rings (SSSR count). The van der Waals surface area contributed by atoms with Gasteiger partial charge in [0.15, 0.2) is 0 Å². The number of rotatable bonds is 5. The van der Waals surface area contributed by atoms with E-state index in [0.29, 0.717) is 0 Å². The zero-order valence-corrected chi connectivity index (χ0v) is 30.4. The van der Waals surface area contributed by atoms with Crippen LogP contribution in [-0.4, -0.2) is 14.8 Å². The summed E-state index contributed by atoms with van der Waals surface area (Å²) in [6.07, 6.45) is 0. The van der Waals surface area contributed by atoms with Gasteiger partial charge in [0.05, 0.1) is 11.4 Å². The van der Waals surface area contributed by atoms with Crippen LogP contribution in [-0.2, 0) is 0 Å². The van der Waals surface area contributed by atoms with Crippen LogP contribution in [0.4, 0.5) is 34.1 Å². The molecule has 0 aliphatic carbocycles. The molecule has 0 spiro atoms. The lowest BCUT2D eigenvalue weighted by Gasteiger charge is -2.50. The molecule has 3 aliphatic heterocycles. The number of benzene rings is 8. The van der Waals surface area contributed by atoms with Crippen LogP contribution in [0, 0.1) is 0 Å². The fourth-order valence-electron chi connectivity index (χ4n) is 9.70. The molecule has 4 heteroatoms. The van der Waals surface area contributed by atoms with Gasteiger partial charge in [-0.25, -0.2) is 0 Å². The monoisotopic (exact) mass is 690 g/mol. The van der Waals surface area contributed by atoms with E-state index in [0.717, 1.165) is 0 Å². The molecule has 0 aromatic heterocycles. The van der Waals surface area contributed by atoms with E-state index in [1.54, 1.807) is 0 Å². The highest BCUT2D eigenvalue weighted by molar-refractivity contribution is 7.21. The first-order chi connectivity index (χ1) is 26.2. The van der Waals surface area contributed by atoms with Gasteiger partial charge < -0.3 is 9.80 Å². The summed E-state index contributed by atoms with van der Waals surface area (Å²) in [5.74, 6) is 0. The van der Waals surface area contributed by atoms with Crippen LogP contribution in [0.5, 0.6) is 0 Å². The van der Waals surface area contributed by atoms with Crippen LogP contribution in [0.3, 0.4) is 0 Å². The largest absolute Gasteiger partial charge is 0.311 e. The van der Waals surface area contributed by atoms with Crippen molar-refractivity contribution < 1.29 is 0 Å². The number of nitrogens with zero attached hydrogens (tertiary/aromatic N) is 2. The Hall–Kier alpha value is -6.36. The maximum atomic E-state index is 2.59. The van der Waals surface area contributed by atoms with E-state index >= 15 is 0 Å². The topological polar surface area (TPSA) is 6.48 Å². The first-order valence-electron chi connectivity index (χ1n) is 18.6. The zero-order chi connectivity index (χ0) is 35.1. The van der Waals surface area contributed by atoms with Gasteiger partial charge in [0, 0.05) is 33.9 Å². The Bertz CT molecular complexity index is 2550. The van der Waals surface area contributed by atoms with E-state index in [4.69, 9.17) is 0 Å². The third-order valence-electron chi connectivity index (χ3n) is 11.9. The van der Waals surface area contributed by atoms with Gasteiger partial charge in [0.1, 0.15) is 8.07 Å². The summed E-state index contributed by atoms with van der Waals surface area (Å²) in [5.41, 5.74) is 16.6. The van der Waals surface area contributed by atoms with E-state index in [1.807, 2.05) is 0 Å². The van der Waals surface area contributed by atoms with Gasteiger partial charge in [-0.05, 0) is 69.1 Å². The number of hydrogen-bond acceptors (Lipinski definition) is 2. The lowest BCUT2D eigenvalue weighted by atomic mass is 9.33. The third kappa shape index (κ3) is 4.21. The number of hydrogen-bond donors (Lipinski definition) is 0. The van der Waals surface area contributed by atoms with Crippen molar-refractivity contribution in [3.05, 3.63) is 194 Å². The molecule has 0 saturated heterocycles. The van der Waals surface area contributed by atoms with Crippen LogP contribution < -0.4 is 41.7 Å². The Morgan fingerprint density at radius 1 is 0.340 bits per heavy atom. The smallest absolute Gasteiger partial charge is 0.251 e. The van der Waals surface area contributed by atoms with Crippen molar-refractivity contribution in [1.82, 2.24) is 0 Å².